The van der Waals surface area contributed by atoms with Gasteiger partial charge in [-0.1, -0.05) is 108 Å². The number of carbonyl (C=O) groups is 2. The highest BCUT2D eigenvalue weighted by Crippen LogP contribution is 2.33. The lowest BCUT2D eigenvalue weighted by molar-refractivity contribution is -0.150. The molecule has 0 heterocycles. The molecule has 0 saturated heterocycles. The molecule has 1 unspecified atom stereocenters. The highest BCUT2D eigenvalue weighted by atomic mass is 16.5. The van der Waals surface area contributed by atoms with Gasteiger partial charge in [-0.15, -0.1) is 0 Å². The van der Waals surface area contributed by atoms with Gasteiger partial charge < -0.3 is 19.7 Å². The number of esters is 2. The van der Waals surface area contributed by atoms with Crippen LogP contribution in [0.3, 0.4) is 0 Å². The van der Waals surface area contributed by atoms with Crippen LogP contribution in [0.15, 0.2) is 66.8 Å². The number of hydrogen-bond acceptors (Lipinski definition) is 6. The largest absolute Gasteiger partial charge is 0.462 e. The third-order valence-corrected chi connectivity index (χ3v) is 9.18. The molecular formula is C41H60O6. The Morgan fingerprint density at radius 1 is 0.766 bits per heavy atom. The van der Waals surface area contributed by atoms with Crippen molar-refractivity contribution in [2.24, 2.45) is 11.3 Å². The molecule has 47 heavy (non-hydrogen) atoms. The van der Waals surface area contributed by atoms with Gasteiger partial charge in [0.05, 0.1) is 0 Å². The van der Waals surface area contributed by atoms with Crippen LogP contribution in [-0.4, -0.2) is 48.6 Å². The van der Waals surface area contributed by atoms with Gasteiger partial charge in [-0.3, -0.25) is 0 Å². The Labute approximate surface area is 284 Å². The van der Waals surface area contributed by atoms with Gasteiger partial charge in [-0.05, 0) is 86.1 Å². The SMILES string of the molecule is C=C(C)C(=O)OCC(CCC)(CCc1ccc(-c2ccc(CCCCCCC)c(CC)c2)cc1)COC(=O)C(=C)CCC(CO)CO. The Morgan fingerprint density at radius 3 is 2.00 bits per heavy atom. The van der Waals surface area contributed by atoms with Crippen LogP contribution in [0.4, 0.5) is 0 Å². The lowest BCUT2D eigenvalue weighted by Gasteiger charge is -2.33. The maximum absolute atomic E-state index is 12.9. The molecule has 0 spiro atoms. The summed E-state index contributed by atoms with van der Waals surface area (Å²) in [4.78, 5) is 25.2. The first-order valence-corrected chi connectivity index (χ1v) is 17.7. The molecule has 2 rings (SSSR count). The Kier molecular flexibility index (Phi) is 18.4. The van der Waals surface area contributed by atoms with Crippen molar-refractivity contribution in [3.8, 4) is 11.1 Å². The highest BCUT2D eigenvalue weighted by molar-refractivity contribution is 5.88. The summed E-state index contributed by atoms with van der Waals surface area (Å²) in [7, 11) is 0. The summed E-state index contributed by atoms with van der Waals surface area (Å²) >= 11 is 0. The Bertz CT molecular complexity index is 1260. The van der Waals surface area contributed by atoms with Gasteiger partial charge in [-0.25, -0.2) is 9.59 Å². The highest BCUT2D eigenvalue weighted by Gasteiger charge is 2.33. The van der Waals surface area contributed by atoms with E-state index in [4.69, 9.17) is 9.47 Å². The van der Waals surface area contributed by atoms with Gasteiger partial charge in [0, 0.05) is 35.7 Å². The second kappa shape index (κ2) is 21.6. The summed E-state index contributed by atoms with van der Waals surface area (Å²) in [6, 6.07) is 15.6. The number of unbranched alkanes of at least 4 members (excludes halogenated alkanes) is 4. The quantitative estimate of drug-likeness (QED) is 0.0672. The van der Waals surface area contributed by atoms with E-state index >= 15 is 0 Å². The molecular weight excluding hydrogens is 588 g/mol. The summed E-state index contributed by atoms with van der Waals surface area (Å²) in [5.74, 6) is -1.27. The summed E-state index contributed by atoms with van der Waals surface area (Å²) < 4.78 is 11.4. The average Bonchev–Trinajstić information content (AvgIpc) is 3.09. The van der Waals surface area contributed by atoms with Crippen LogP contribution in [0.5, 0.6) is 0 Å². The number of carbonyl (C=O) groups excluding carboxylic acids is 2. The van der Waals surface area contributed by atoms with Gasteiger partial charge in [0.2, 0.25) is 0 Å². The van der Waals surface area contributed by atoms with E-state index in [0.717, 1.165) is 31.2 Å². The normalized spacial score (nSPS) is 12.5. The van der Waals surface area contributed by atoms with Crippen molar-refractivity contribution in [3.05, 3.63) is 83.5 Å². The minimum Gasteiger partial charge on any atom is -0.462 e. The molecule has 0 aliphatic rings. The Morgan fingerprint density at radius 2 is 1.40 bits per heavy atom. The van der Waals surface area contributed by atoms with E-state index in [9.17, 15) is 19.8 Å². The smallest absolute Gasteiger partial charge is 0.333 e. The second-order valence-corrected chi connectivity index (χ2v) is 13.3. The van der Waals surface area contributed by atoms with E-state index in [1.165, 1.54) is 54.4 Å². The maximum Gasteiger partial charge on any atom is 0.333 e. The van der Waals surface area contributed by atoms with Crippen molar-refractivity contribution in [3.63, 3.8) is 0 Å². The predicted octanol–water partition coefficient (Wildman–Crippen LogP) is 8.75. The van der Waals surface area contributed by atoms with Gasteiger partial charge in [0.15, 0.2) is 0 Å². The van der Waals surface area contributed by atoms with Crippen LogP contribution in [0.25, 0.3) is 11.1 Å². The fraction of sp³-hybridized carbons (Fsp3) is 0.561. The van der Waals surface area contributed by atoms with Crippen LogP contribution in [0.2, 0.25) is 0 Å². The molecule has 2 aromatic rings. The van der Waals surface area contributed by atoms with Crippen LogP contribution in [-0.2, 0) is 38.3 Å². The van der Waals surface area contributed by atoms with Crippen molar-refractivity contribution in [1.29, 1.82) is 0 Å². The summed E-state index contributed by atoms with van der Waals surface area (Å²) in [6.07, 6.45) is 12.3. The van der Waals surface area contributed by atoms with Crippen LogP contribution >= 0.6 is 0 Å². The summed E-state index contributed by atoms with van der Waals surface area (Å²) in [5.41, 5.74) is 6.51. The molecule has 0 aliphatic carbocycles. The zero-order valence-corrected chi connectivity index (χ0v) is 29.6. The third-order valence-electron chi connectivity index (χ3n) is 9.18. The predicted molar refractivity (Wildman–Crippen MR) is 192 cm³/mol. The topological polar surface area (TPSA) is 93.1 Å². The first-order chi connectivity index (χ1) is 22.6. The van der Waals surface area contributed by atoms with Crippen molar-refractivity contribution in [1.82, 2.24) is 0 Å². The van der Waals surface area contributed by atoms with Crippen molar-refractivity contribution >= 4 is 11.9 Å². The molecule has 2 aromatic carbocycles. The number of ether oxygens (including phenoxy) is 2. The van der Waals surface area contributed by atoms with E-state index < -0.39 is 17.4 Å². The second-order valence-electron chi connectivity index (χ2n) is 13.3. The zero-order valence-electron chi connectivity index (χ0n) is 29.6. The molecule has 0 saturated carbocycles. The Balaban J connectivity index is 2.14. The number of rotatable bonds is 24. The molecule has 260 valence electrons. The molecule has 0 aliphatic heterocycles. The van der Waals surface area contributed by atoms with Crippen LogP contribution < -0.4 is 0 Å². The minimum atomic E-state index is -0.574. The van der Waals surface area contributed by atoms with Gasteiger partial charge in [0.25, 0.3) is 0 Å². The molecule has 0 radical (unpaired) electrons. The van der Waals surface area contributed by atoms with Gasteiger partial charge >= 0.3 is 11.9 Å². The molecule has 2 N–H and O–H groups in total. The molecule has 0 bridgehead atoms. The van der Waals surface area contributed by atoms with Crippen molar-refractivity contribution in [2.75, 3.05) is 26.4 Å². The number of benzene rings is 2. The van der Waals surface area contributed by atoms with E-state index in [1.807, 2.05) is 0 Å². The maximum atomic E-state index is 12.9. The number of aliphatic hydroxyl groups excluding tert-OH is 2. The van der Waals surface area contributed by atoms with Crippen LogP contribution in [0.1, 0.15) is 109 Å². The lowest BCUT2D eigenvalue weighted by atomic mass is 9.79. The molecule has 0 fully saturated rings. The Hall–Kier alpha value is -3.22. The number of aliphatic hydroxyl groups is 2. The molecule has 0 amide bonds. The van der Waals surface area contributed by atoms with E-state index in [0.29, 0.717) is 36.8 Å². The van der Waals surface area contributed by atoms with E-state index in [-0.39, 0.29) is 32.3 Å². The lowest BCUT2D eigenvalue weighted by Crippen LogP contribution is -2.35. The zero-order chi connectivity index (χ0) is 34.7. The van der Waals surface area contributed by atoms with Crippen molar-refractivity contribution < 1.29 is 29.3 Å². The fourth-order valence-electron chi connectivity index (χ4n) is 5.94. The van der Waals surface area contributed by atoms with Gasteiger partial charge in [-0.2, -0.15) is 0 Å². The third kappa shape index (κ3) is 13.8. The van der Waals surface area contributed by atoms with Gasteiger partial charge in [0.1, 0.15) is 13.2 Å². The van der Waals surface area contributed by atoms with E-state index in [2.05, 4.69) is 76.4 Å². The standard InChI is InChI=1S/C41H60O6/c1-7-10-11-12-13-14-36-21-22-38(26-35(36)9-3)37-19-17-33(18-20-37)23-25-41(24-8-2,29-46-39(44)31(4)5)30-47-40(45)32(6)15-16-34(27-42)28-43/h17-22,26,34,42-43H,4,6-16,23-25,27-30H2,1-3,5H3. The molecule has 6 heteroatoms. The molecule has 6 nitrogen and oxygen atoms in total. The van der Waals surface area contributed by atoms with Crippen molar-refractivity contribution in [2.45, 2.75) is 111 Å². The number of aryl methyl sites for hydroxylation is 3. The molecule has 1 atom stereocenters. The summed E-state index contributed by atoms with van der Waals surface area (Å²) in [5, 5.41) is 18.7. The van der Waals surface area contributed by atoms with Crippen LogP contribution in [0, 0.1) is 11.3 Å². The first kappa shape index (κ1) is 40.0. The fourth-order valence-corrected chi connectivity index (χ4v) is 5.94. The van der Waals surface area contributed by atoms with E-state index in [1.54, 1.807) is 6.92 Å². The first-order valence-electron chi connectivity index (χ1n) is 17.7. The average molecular weight is 649 g/mol. The monoisotopic (exact) mass is 648 g/mol. The minimum absolute atomic E-state index is 0.0917. The summed E-state index contributed by atoms with van der Waals surface area (Å²) in [6.45, 7) is 15.6. The molecule has 0 aromatic heterocycles. The number of hydrogen-bond donors (Lipinski definition) is 2.